The van der Waals surface area contributed by atoms with Crippen LogP contribution in [0.25, 0.3) is 0 Å². The SMILES string of the molecule is CC(C)(C)OC(=O)NCCCN=C(NCCc1ccco1)NC1CCCC1.I. The van der Waals surface area contributed by atoms with Crippen molar-refractivity contribution in [2.75, 3.05) is 19.6 Å². The van der Waals surface area contributed by atoms with Crippen molar-refractivity contribution in [2.24, 2.45) is 4.99 Å². The average Bonchev–Trinajstić information content (AvgIpc) is 3.26. The number of nitrogens with zero attached hydrogens (tertiary/aromatic N) is 1. The van der Waals surface area contributed by atoms with E-state index in [1.54, 1.807) is 6.26 Å². The van der Waals surface area contributed by atoms with Gasteiger partial charge in [0, 0.05) is 32.1 Å². The third kappa shape index (κ3) is 10.8. The summed E-state index contributed by atoms with van der Waals surface area (Å²) in [5.41, 5.74) is -0.474. The lowest BCUT2D eigenvalue weighted by atomic mass is 10.2. The van der Waals surface area contributed by atoms with Gasteiger partial charge < -0.3 is 25.1 Å². The zero-order valence-corrected chi connectivity index (χ0v) is 19.6. The fourth-order valence-electron chi connectivity index (χ4n) is 2.95. The molecule has 8 heteroatoms. The van der Waals surface area contributed by atoms with Crippen LogP contribution >= 0.6 is 24.0 Å². The summed E-state index contributed by atoms with van der Waals surface area (Å²) in [6.45, 7) is 7.51. The fourth-order valence-corrected chi connectivity index (χ4v) is 2.95. The molecule has 1 fully saturated rings. The third-order valence-electron chi connectivity index (χ3n) is 4.21. The quantitative estimate of drug-likeness (QED) is 0.216. The number of alkyl carbamates (subject to hydrolysis) is 1. The number of amides is 1. The standard InChI is InChI=1S/C20H34N4O3.HI/c1-20(2,3)27-19(25)23-13-7-12-21-18(24-16-8-4-5-9-16)22-14-11-17-10-6-15-26-17;/h6,10,15-16H,4-5,7-9,11-14H2,1-3H3,(H,23,25)(H2,21,22,24);1H. The molecule has 0 radical (unpaired) electrons. The number of carbonyl (C=O) groups excluding carboxylic acids is 1. The number of hydrogen-bond acceptors (Lipinski definition) is 4. The van der Waals surface area contributed by atoms with Crippen molar-refractivity contribution in [1.29, 1.82) is 0 Å². The minimum atomic E-state index is -0.474. The summed E-state index contributed by atoms with van der Waals surface area (Å²) in [6.07, 6.45) is 7.83. The summed E-state index contributed by atoms with van der Waals surface area (Å²) in [7, 11) is 0. The first-order valence-electron chi connectivity index (χ1n) is 9.96. The molecule has 1 aliphatic carbocycles. The van der Waals surface area contributed by atoms with E-state index < -0.39 is 5.60 Å². The van der Waals surface area contributed by atoms with Gasteiger partial charge in [-0.25, -0.2) is 4.79 Å². The first kappa shape index (κ1) is 24.6. The molecule has 0 spiro atoms. The van der Waals surface area contributed by atoms with Crippen LogP contribution in [0.1, 0.15) is 58.6 Å². The van der Waals surface area contributed by atoms with Gasteiger partial charge in [-0.2, -0.15) is 0 Å². The smallest absolute Gasteiger partial charge is 0.407 e. The molecule has 1 heterocycles. The van der Waals surface area contributed by atoms with E-state index in [1.165, 1.54) is 25.7 Å². The number of furan rings is 1. The number of halogens is 1. The molecule has 0 aliphatic heterocycles. The van der Waals surface area contributed by atoms with Crippen molar-refractivity contribution >= 4 is 36.0 Å². The molecule has 28 heavy (non-hydrogen) atoms. The number of carbonyl (C=O) groups is 1. The van der Waals surface area contributed by atoms with Crippen LogP contribution in [0.4, 0.5) is 4.79 Å². The van der Waals surface area contributed by atoms with Gasteiger partial charge in [-0.15, -0.1) is 24.0 Å². The second-order valence-electron chi connectivity index (χ2n) is 7.89. The summed E-state index contributed by atoms with van der Waals surface area (Å²) in [4.78, 5) is 16.3. The lowest BCUT2D eigenvalue weighted by Crippen LogP contribution is -2.43. The topological polar surface area (TPSA) is 87.9 Å². The van der Waals surface area contributed by atoms with Crippen LogP contribution in [-0.2, 0) is 11.2 Å². The van der Waals surface area contributed by atoms with Gasteiger partial charge in [0.05, 0.1) is 6.26 Å². The first-order valence-corrected chi connectivity index (χ1v) is 9.96. The molecule has 0 atom stereocenters. The van der Waals surface area contributed by atoms with Gasteiger partial charge in [0.2, 0.25) is 0 Å². The molecular formula is C20H35IN4O3. The molecule has 0 aromatic carbocycles. The van der Waals surface area contributed by atoms with Crippen molar-refractivity contribution in [3.8, 4) is 0 Å². The van der Waals surface area contributed by atoms with E-state index in [1.807, 2.05) is 32.9 Å². The van der Waals surface area contributed by atoms with Crippen LogP contribution in [0.2, 0.25) is 0 Å². The Morgan fingerprint density at radius 1 is 1.25 bits per heavy atom. The highest BCUT2D eigenvalue weighted by Gasteiger charge is 2.16. The first-order chi connectivity index (χ1) is 12.9. The minimum absolute atomic E-state index is 0. The van der Waals surface area contributed by atoms with E-state index in [0.29, 0.717) is 19.1 Å². The maximum Gasteiger partial charge on any atom is 0.407 e. The van der Waals surface area contributed by atoms with Gasteiger partial charge in [-0.1, -0.05) is 12.8 Å². The van der Waals surface area contributed by atoms with Gasteiger partial charge in [0.1, 0.15) is 11.4 Å². The highest BCUT2D eigenvalue weighted by molar-refractivity contribution is 14.0. The van der Waals surface area contributed by atoms with Crippen LogP contribution in [0, 0.1) is 0 Å². The minimum Gasteiger partial charge on any atom is -0.469 e. The van der Waals surface area contributed by atoms with Crippen molar-refractivity contribution in [2.45, 2.75) is 70.9 Å². The van der Waals surface area contributed by atoms with E-state index in [4.69, 9.17) is 9.15 Å². The maximum absolute atomic E-state index is 11.6. The Morgan fingerprint density at radius 2 is 2.00 bits per heavy atom. The summed E-state index contributed by atoms with van der Waals surface area (Å²) in [6, 6.07) is 4.38. The highest BCUT2D eigenvalue weighted by atomic mass is 127. The van der Waals surface area contributed by atoms with Crippen molar-refractivity contribution in [1.82, 2.24) is 16.0 Å². The van der Waals surface area contributed by atoms with Crippen molar-refractivity contribution < 1.29 is 13.9 Å². The van der Waals surface area contributed by atoms with Crippen molar-refractivity contribution in [3.63, 3.8) is 0 Å². The molecule has 0 bridgehead atoms. The summed E-state index contributed by atoms with van der Waals surface area (Å²) < 4.78 is 10.6. The third-order valence-corrected chi connectivity index (χ3v) is 4.21. The Morgan fingerprint density at radius 3 is 2.64 bits per heavy atom. The second kappa shape index (κ2) is 12.9. The molecule has 160 valence electrons. The van der Waals surface area contributed by atoms with Crippen molar-refractivity contribution in [3.05, 3.63) is 24.2 Å². The number of aliphatic imine (C=N–C) groups is 1. The van der Waals surface area contributed by atoms with Crippen LogP contribution in [0.15, 0.2) is 27.8 Å². The molecule has 0 saturated heterocycles. The van der Waals surface area contributed by atoms with E-state index in [-0.39, 0.29) is 30.1 Å². The Labute approximate surface area is 185 Å². The van der Waals surface area contributed by atoms with E-state index in [9.17, 15) is 4.79 Å². The largest absolute Gasteiger partial charge is 0.469 e. The fraction of sp³-hybridized carbons (Fsp3) is 0.700. The molecule has 1 saturated carbocycles. The lowest BCUT2D eigenvalue weighted by molar-refractivity contribution is 0.0527. The maximum atomic E-state index is 11.6. The molecule has 2 rings (SSSR count). The predicted molar refractivity (Wildman–Crippen MR) is 122 cm³/mol. The molecule has 1 amide bonds. The summed E-state index contributed by atoms with van der Waals surface area (Å²) in [5.74, 6) is 1.80. The average molecular weight is 506 g/mol. The van der Waals surface area contributed by atoms with Crippen LogP contribution in [-0.4, -0.2) is 43.3 Å². The Kier molecular flexibility index (Phi) is 11.3. The molecule has 1 aliphatic rings. The van der Waals surface area contributed by atoms with E-state index in [0.717, 1.165) is 31.1 Å². The zero-order valence-electron chi connectivity index (χ0n) is 17.3. The highest BCUT2D eigenvalue weighted by Crippen LogP contribution is 2.17. The van der Waals surface area contributed by atoms with Gasteiger partial charge in [0.15, 0.2) is 5.96 Å². The molecule has 1 aromatic heterocycles. The number of rotatable bonds is 8. The molecule has 7 nitrogen and oxygen atoms in total. The molecule has 1 aromatic rings. The lowest BCUT2D eigenvalue weighted by Gasteiger charge is -2.19. The monoisotopic (exact) mass is 506 g/mol. The van der Waals surface area contributed by atoms with E-state index >= 15 is 0 Å². The number of hydrogen-bond donors (Lipinski definition) is 3. The van der Waals surface area contributed by atoms with Gasteiger partial charge in [-0.05, 0) is 52.2 Å². The zero-order chi connectivity index (χ0) is 19.5. The van der Waals surface area contributed by atoms with Crippen LogP contribution in [0.5, 0.6) is 0 Å². The molecule has 0 unspecified atom stereocenters. The van der Waals surface area contributed by atoms with Gasteiger partial charge >= 0.3 is 6.09 Å². The number of ether oxygens (including phenoxy) is 1. The molecule has 3 N–H and O–H groups in total. The Hall–Kier alpha value is -1.45. The number of guanidine groups is 1. The van der Waals surface area contributed by atoms with E-state index in [2.05, 4.69) is 20.9 Å². The van der Waals surface area contributed by atoms with Gasteiger partial charge in [-0.3, -0.25) is 4.99 Å². The Balaban J connectivity index is 0.00000392. The summed E-state index contributed by atoms with van der Waals surface area (Å²) in [5, 5.41) is 9.67. The van der Waals surface area contributed by atoms with Gasteiger partial charge in [0.25, 0.3) is 0 Å². The van der Waals surface area contributed by atoms with Crippen LogP contribution < -0.4 is 16.0 Å². The van der Waals surface area contributed by atoms with Crippen LogP contribution in [0.3, 0.4) is 0 Å². The summed E-state index contributed by atoms with van der Waals surface area (Å²) >= 11 is 0. The number of nitrogens with one attached hydrogen (secondary N) is 3. The second-order valence-corrected chi connectivity index (χ2v) is 7.89. The predicted octanol–water partition coefficient (Wildman–Crippen LogP) is 3.83. The normalized spacial score (nSPS) is 15.0. The molecular weight excluding hydrogens is 471 g/mol. The Bertz CT molecular complexity index is 579.